The number of amidine groups is 1. The quantitative estimate of drug-likeness (QED) is 0.731. The van der Waals surface area contributed by atoms with Crippen molar-refractivity contribution < 1.29 is 4.74 Å². The van der Waals surface area contributed by atoms with Crippen molar-refractivity contribution in [2.75, 3.05) is 12.3 Å². The van der Waals surface area contributed by atoms with Crippen molar-refractivity contribution in [2.45, 2.75) is 25.1 Å². The monoisotopic (exact) mass is 324 g/mol. The number of hydrogen-bond acceptors (Lipinski definition) is 4. The van der Waals surface area contributed by atoms with Crippen LogP contribution in [-0.4, -0.2) is 28.1 Å². The zero-order valence-electron chi connectivity index (χ0n) is 10.0. The second-order valence-corrected chi connectivity index (χ2v) is 7.09. The van der Waals surface area contributed by atoms with Gasteiger partial charge in [0.1, 0.15) is 5.75 Å². The molecule has 3 aliphatic rings. The summed E-state index contributed by atoms with van der Waals surface area (Å²) in [6, 6.07) is 6.69. The van der Waals surface area contributed by atoms with Gasteiger partial charge in [0.15, 0.2) is 5.17 Å². The maximum Gasteiger partial charge on any atom is 0.202 e. The molecule has 3 nitrogen and oxygen atoms in total. The Kier molecular flexibility index (Phi) is 2.28. The standard InChI is InChI=1S/C13H13BrN2OS/c1-13-7-10(16-4-5-18-12(16)15-13)9-6-8(14)2-3-11(9)17-13/h2-3,6,10H,4-5,7H2,1H3/t10-,13+/m0/s1. The lowest BCUT2D eigenvalue weighted by atomic mass is 9.91. The number of thioether (sulfide) groups is 1. The molecule has 1 aromatic rings. The molecule has 0 aromatic heterocycles. The summed E-state index contributed by atoms with van der Waals surface area (Å²) in [5, 5.41) is 1.15. The lowest BCUT2D eigenvalue weighted by Gasteiger charge is -2.45. The maximum absolute atomic E-state index is 6.11. The van der Waals surface area contributed by atoms with Crippen molar-refractivity contribution >= 4 is 32.9 Å². The molecule has 1 saturated heterocycles. The predicted octanol–water partition coefficient (Wildman–Crippen LogP) is 3.41. The molecule has 2 bridgehead atoms. The first-order valence-corrected chi connectivity index (χ1v) is 7.90. The van der Waals surface area contributed by atoms with Crippen molar-refractivity contribution in [1.29, 1.82) is 0 Å². The molecule has 1 aromatic carbocycles. The van der Waals surface area contributed by atoms with E-state index in [4.69, 9.17) is 9.73 Å². The second-order valence-electron chi connectivity index (χ2n) is 5.12. The topological polar surface area (TPSA) is 24.8 Å². The van der Waals surface area contributed by atoms with Gasteiger partial charge >= 0.3 is 0 Å². The molecule has 3 heterocycles. The molecule has 0 radical (unpaired) electrons. The smallest absolute Gasteiger partial charge is 0.202 e. The van der Waals surface area contributed by atoms with E-state index in [1.54, 1.807) is 0 Å². The van der Waals surface area contributed by atoms with Gasteiger partial charge in [-0.2, -0.15) is 0 Å². The highest BCUT2D eigenvalue weighted by atomic mass is 79.9. The van der Waals surface area contributed by atoms with E-state index in [0.717, 1.165) is 34.1 Å². The van der Waals surface area contributed by atoms with E-state index >= 15 is 0 Å². The van der Waals surface area contributed by atoms with E-state index in [1.807, 2.05) is 23.9 Å². The number of halogens is 1. The van der Waals surface area contributed by atoms with Gasteiger partial charge in [-0.15, -0.1) is 0 Å². The fourth-order valence-corrected chi connectivity index (χ4v) is 4.46. The molecule has 3 aliphatic heterocycles. The minimum atomic E-state index is -0.380. The average molecular weight is 325 g/mol. The van der Waals surface area contributed by atoms with Crippen LogP contribution in [0.4, 0.5) is 0 Å². The van der Waals surface area contributed by atoms with Crippen molar-refractivity contribution in [3.05, 3.63) is 28.2 Å². The normalized spacial score (nSPS) is 32.4. The van der Waals surface area contributed by atoms with Crippen LogP contribution in [0.5, 0.6) is 5.75 Å². The molecule has 4 rings (SSSR count). The van der Waals surface area contributed by atoms with E-state index in [1.165, 1.54) is 5.56 Å². The van der Waals surface area contributed by atoms with Crippen molar-refractivity contribution in [3.63, 3.8) is 0 Å². The highest BCUT2D eigenvalue weighted by Crippen LogP contribution is 2.49. The minimum Gasteiger partial charge on any atom is -0.466 e. The van der Waals surface area contributed by atoms with Crippen LogP contribution in [0.15, 0.2) is 27.7 Å². The summed E-state index contributed by atoms with van der Waals surface area (Å²) in [6.07, 6.45) is 0.945. The van der Waals surface area contributed by atoms with Gasteiger partial charge in [-0.3, -0.25) is 0 Å². The SMILES string of the molecule is C[C@]12C[C@@H](c3cc(Br)ccc3O1)N1CCSC1=N2. The molecular weight excluding hydrogens is 312 g/mol. The van der Waals surface area contributed by atoms with Gasteiger partial charge < -0.3 is 9.64 Å². The van der Waals surface area contributed by atoms with Crippen LogP contribution in [0.3, 0.4) is 0 Å². The molecule has 1 fully saturated rings. The summed E-state index contributed by atoms with van der Waals surface area (Å²) in [6.45, 7) is 3.18. The van der Waals surface area contributed by atoms with E-state index in [2.05, 4.69) is 33.8 Å². The van der Waals surface area contributed by atoms with E-state index < -0.39 is 0 Å². The van der Waals surface area contributed by atoms with Gasteiger partial charge in [-0.1, -0.05) is 27.7 Å². The van der Waals surface area contributed by atoms with Crippen LogP contribution >= 0.6 is 27.7 Å². The molecule has 94 valence electrons. The highest BCUT2D eigenvalue weighted by Gasteiger charge is 2.46. The summed E-state index contributed by atoms with van der Waals surface area (Å²) < 4.78 is 7.22. The Labute approximate surface area is 119 Å². The Bertz CT molecular complexity index is 562. The van der Waals surface area contributed by atoms with Gasteiger partial charge in [0.05, 0.1) is 6.04 Å². The first kappa shape index (κ1) is 11.2. The summed E-state index contributed by atoms with van der Waals surface area (Å²) in [5.74, 6) is 2.12. The second kappa shape index (κ2) is 3.67. The molecular formula is C13H13BrN2OS. The summed E-state index contributed by atoms with van der Waals surface area (Å²) >= 11 is 5.40. The molecule has 0 saturated carbocycles. The highest BCUT2D eigenvalue weighted by molar-refractivity contribution is 9.10. The molecule has 0 aliphatic carbocycles. The number of benzene rings is 1. The lowest BCUT2D eigenvalue weighted by Crippen LogP contribution is -2.48. The van der Waals surface area contributed by atoms with Gasteiger partial charge in [0.2, 0.25) is 5.72 Å². The van der Waals surface area contributed by atoms with Crippen LogP contribution in [0.1, 0.15) is 24.9 Å². The third-order valence-corrected chi connectivity index (χ3v) is 5.21. The number of rotatable bonds is 0. The maximum atomic E-state index is 6.11. The van der Waals surface area contributed by atoms with Crippen LogP contribution in [0.25, 0.3) is 0 Å². The molecule has 18 heavy (non-hydrogen) atoms. The Hall–Kier alpha value is -0.680. The third kappa shape index (κ3) is 1.53. The number of fused-ring (bicyclic) bond motifs is 6. The Morgan fingerprint density at radius 1 is 1.56 bits per heavy atom. The lowest BCUT2D eigenvalue weighted by molar-refractivity contribution is 0.0271. The molecule has 2 atom stereocenters. The zero-order chi connectivity index (χ0) is 12.3. The van der Waals surface area contributed by atoms with E-state index in [-0.39, 0.29) is 5.72 Å². The van der Waals surface area contributed by atoms with E-state index in [0.29, 0.717) is 6.04 Å². The first-order valence-electron chi connectivity index (χ1n) is 6.12. The minimum absolute atomic E-state index is 0.380. The molecule has 0 unspecified atom stereocenters. The summed E-state index contributed by atoms with van der Waals surface area (Å²) in [5.41, 5.74) is 0.908. The van der Waals surface area contributed by atoms with Crippen molar-refractivity contribution in [2.24, 2.45) is 4.99 Å². The van der Waals surface area contributed by atoms with Crippen LogP contribution < -0.4 is 4.74 Å². The van der Waals surface area contributed by atoms with E-state index in [9.17, 15) is 0 Å². The van der Waals surface area contributed by atoms with Gasteiger partial charge in [-0.05, 0) is 25.1 Å². The Morgan fingerprint density at radius 3 is 3.33 bits per heavy atom. The number of ether oxygens (including phenoxy) is 1. The number of aliphatic imine (C=N–C) groups is 1. The van der Waals surface area contributed by atoms with Crippen LogP contribution in [0, 0.1) is 0 Å². The molecule has 0 spiro atoms. The van der Waals surface area contributed by atoms with Gasteiger partial charge in [0.25, 0.3) is 0 Å². The Balaban J connectivity index is 1.89. The van der Waals surface area contributed by atoms with Crippen molar-refractivity contribution in [3.8, 4) is 5.75 Å². The van der Waals surface area contributed by atoms with Crippen LogP contribution in [-0.2, 0) is 0 Å². The fourth-order valence-electron chi connectivity index (χ4n) is 2.97. The average Bonchev–Trinajstić information content (AvgIpc) is 2.77. The molecule has 0 amide bonds. The first-order chi connectivity index (χ1) is 8.65. The molecule has 5 heteroatoms. The van der Waals surface area contributed by atoms with Crippen molar-refractivity contribution in [1.82, 2.24) is 4.90 Å². The van der Waals surface area contributed by atoms with Gasteiger partial charge in [0, 0.05) is 28.8 Å². The Morgan fingerprint density at radius 2 is 2.44 bits per heavy atom. The van der Waals surface area contributed by atoms with Gasteiger partial charge in [-0.25, -0.2) is 4.99 Å². The number of nitrogens with zero attached hydrogens (tertiary/aromatic N) is 2. The molecule has 0 N–H and O–H groups in total. The fraction of sp³-hybridized carbons (Fsp3) is 0.462. The largest absolute Gasteiger partial charge is 0.466 e. The summed E-state index contributed by atoms with van der Waals surface area (Å²) in [7, 11) is 0. The zero-order valence-corrected chi connectivity index (χ0v) is 12.4. The predicted molar refractivity (Wildman–Crippen MR) is 77.1 cm³/mol. The van der Waals surface area contributed by atoms with Crippen LogP contribution in [0.2, 0.25) is 0 Å². The summed E-state index contributed by atoms with van der Waals surface area (Å²) in [4.78, 5) is 7.22. The number of hydrogen-bond donors (Lipinski definition) is 0. The third-order valence-electron chi connectivity index (χ3n) is 3.75.